The average molecular weight is 347 g/mol. The van der Waals surface area contributed by atoms with Crippen molar-refractivity contribution in [2.75, 3.05) is 11.4 Å². The molecule has 0 spiro atoms. The summed E-state index contributed by atoms with van der Waals surface area (Å²) in [4.78, 5) is 26.1. The van der Waals surface area contributed by atoms with Crippen molar-refractivity contribution < 1.29 is 9.59 Å². The molecule has 0 bridgehead atoms. The van der Waals surface area contributed by atoms with Crippen LogP contribution in [0.2, 0.25) is 5.02 Å². The minimum absolute atomic E-state index is 0.0835. The van der Waals surface area contributed by atoms with Gasteiger partial charge in [-0.15, -0.1) is 0 Å². The maximum Gasteiger partial charge on any atom is 0.249 e. The van der Waals surface area contributed by atoms with E-state index in [2.05, 4.69) is 5.10 Å². The molecule has 24 heavy (non-hydrogen) atoms. The average Bonchev–Trinajstić information content (AvgIpc) is 2.80. The highest BCUT2D eigenvalue weighted by Crippen LogP contribution is 2.30. The van der Waals surface area contributed by atoms with Crippen molar-refractivity contribution in [2.24, 2.45) is 5.73 Å². The number of carbonyl (C=O) groups excluding carboxylic acids is 2. The van der Waals surface area contributed by atoms with Crippen LogP contribution in [-0.4, -0.2) is 28.1 Å². The van der Waals surface area contributed by atoms with E-state index in [1.165, 1.54) is 0 Å². The van der Waals surface area contributed by atoms with E-state index in [-0.39, 0.29) is 12.5 Å². The van der Waals surface area contributed by atoms with Gasteiger partial charge < -0.3 is 10.6 Å². The second-order valence-corrected chi connectivity index (χ2v) is 6.34. The van der Waals surface area contributed by atoms with Crippen molar-refractivity contribution in [1.29, 1.82) is 0 Å². The quantitative estimate of drug-likeness (QED) is 0.925. The molecule has 0 unspecified atom stereocenters. The molecular formula is C17H19ClN4O2. The predicted octanol–water partition coefficient (Wildman–Crippen LogP) is 2.23. The molecular weight excluding hydrogens is 328 g/mol. The van der Waals surface area contributed by atoms with Crippen molar-refractivity contribution in [1.82, 2.24) is 9.78 Å². The number of nitrogens with two attached hydrogens (primary N) is 1. The highest BCUT2D eigenvalue weighted by atomic mass is 35.5. The third-order valence-electron chi connectivity index (χ3n) is 4.40. The molecule has 1 aromatic heterocycles. The molecule has 3 rings (SSSR count). The Labute approximate surface area is 145 Å². The fourth-order valence-corrected chi connectivity index (χ4v) is 3.29. The third kappa shape index (κ3) is 2.78. The number of anilines is 1. The Kier molecular flexibility index (Phi) is 4.32. The van der Waals surface area contributed by atoms with Crippen molar-refractivity contribution >= 4 is 29.1 Å². The minimum atomic E-state index is -0.466. The number of hydrogen-bond donors (Lipinski definition) is 1. The van der Waals surface area contributed by atoms with Crippen molar-refractivity contribution in [3.63, 3.8) is 0 Å². The molecule has 2 N–H and O–H groups in total. The molecule has 0 radical (unpaired) electrons. The fraction of sp³-hybridized carbons (Fsp3) is 0.353. The highest BCUT2D eigenvalue weighted by molar-refractivity contribution is 6.31. The summed E-state index contributed by atoms with van der Waals surface area (Å²) >= 11 is 6.14. The number of rotatable bonds is 3. The monoisotopic (exact) mass is 346 g/mol. The highest BCUT2D eigenvalue weighted by Gasteiger charge is 2.26. The minimum Gasteiger partial charge on any atom is -0.366 e. The van der Waals surface area contributed by atoms with E-state index in [0.717, 1.165) is 29.8 Å². The van der Waals surface area contributed by atoms with Gasteiger partial charge in [-0.3, -0.25) is 14.3 Å². The molecule has 0 aliphatic carbocycles. The molecule has 1 aliphatic heterocycles. The number of halogens is 1. The van der Waals surface area contributed by atoms with Crippen LogP contribution in [0.4, 0.5) is 5.69 Å². The van der Waals surface area contributed by atoms with E-state index in [9.17, 15) is 9.59 Å². The van der Waals surface area contributed by atoms with Crippen LogP contribution < -0.4 is 10.6 Å². The summed E-state index contributed by atoms with van der Waals surface area (Å²) < 4.78 is 1.62. The number of fused-ring (bicyclic) bond motifs is 1. The van der Waals surface area contributed by atoms with Crippen LogP contribution in [0.5, 0.6) is 0 Å². The number of benzene rings is 1. The Morgan fingerprint density at radius 1 is 1.33 bits per heavy atom. The summed E-state index contributed by atoms with van der Waals surface area (Å²) in [5.41, 5.74) is 9.01. The van der Waals surface area contributed by atoms with Gasteiger partial charge in [-0.05, 0) is 44.4 Å². The van der Waals surface area contributed by atoms with Gasteiger partial charge in [-0.25, -0.2) is 0 Å². The van der Waals surface area contributed by atoms with Crippen LogP contribution in [0.1, 0.15) is 33.7 Å². The van der Waals surface area contributed by atoms with Crippen molar-refractivity contribution in [2.45, 2.75) is 33.2 Å². The van der Waals surface area contributed by atoms with Gasteiger partial charge >= 0.3 is 0 Å². The van der Waals surface area contributed by atoms with Gasteiger partial charge in [0.05, 0.1) is 16.4 Å². The lowest BCUT2D eigenvalue weighted by molar-refractivity contribution is -0.119. The molecule has 1 aromatic carbocycles. The van der Waals surface area contributed by atoms with Gasteiger partial charge in [0.25, 0.3) is 0 Å². The summed E-state index contributed by atoms with van der Waals surface area (Å²) in [7, 11) is 0. The second kappa shape index (κ2) is 6.28. The Morgan fingerprint density at radius 3 is 2.71 bits per heavy atom. The van der Waals surface area contributed by atoms with Gasteiger partial charge in [-0.1, -0.05) is 17.7 Å². The standard InChI is InChI=1S/C17H19ClN4O2/c1-10-16(18)11(2)22(20-10)9-15(23)21-8-4-6-12-13(17(19)24)5-3-7-14(12)21/h3,5,7H,4,6,8-9H2,1-2H3,(H2,19,24). The third-order valence-corrected chi connectivity index (χ3v) is 4.94. The predicted molar refractivity (Wildman–Crippen MR) is 92.3 cm³/mol. The van der Waals surface area contributed by atoms with E-state index in [4.69, 9.17) is 17.3 Å². The maximum absolute atomic E-state index is 12.8. The lowest BCUT2D eigenvalue weighted by Crippen LogP contribution is -2.38. The largest absolute Gasteiger partial charge is 0.366 e. The zero-order valence-corrected chi connectivity index (χ0v) is 14.4. The van der Waals surface area contributed by atoms with Gasteiger partial charge in [0.2, 0.25) is 11.8 Å². The number of nitrogens with zero attached hydrogens (tertiary/aromatic N) is 3. The molecule has 2 aromatic rings. The van der Waals surface area contributed by atoms with Crippen LogP contribution in [0.3, 0.4) is 0 Å². The molecule has 1 aliphatic rings. The molecule has 7 heteroatoms. The van der Waals surface area contributed by atoms with Crippen LogP contribution in [0, 0.1) is 13.8 Å². The van der Waals surface area contributed by atoms with E-state index >= 15 is 0 Å². The van der Waals surface area contributed by atoms with E-state index in [1.807, 2.05) is 19.9 Å². The maximum atomic E-state index is 12.8. The molecule has 0 saturated heterocycles. The first kappa shape index (κ1) is 16.5. The Hall–Kier alpha value is -2.34. The van der Waals surface area contributed by atoms with E-state index < -0.39 is 5.91 Å². The van der Waals surface area contributed by atoms with Gasteiger partial charge in [-0.2, -0.15) is 5.10 Å². The van der Waals surface area contributed by atoms with Gasteiger partial charge in [0.1, 0.15) is 6.54 Å². The van der Waals surface area contributed by atoms with E-state index in [0.29, 0.717) is 22.8 Å². The topological polar surface area (TPSA) is 81.2 Å². The number of amides is 2. The zero-order valence-electron chi connectivity index (χ0n) is 13.7. The number of aryl methyl sites for hydroxylation is 1. The molecule has 0 atom stereocenters. The second-order valence-electron chi connectivity index (χ2n) is 5.96. The van der Waals surface area contributed by atoms with Crippen LogP contribution in [-0.2, 0) is 17.8 Å². The molecule has 2 amide bonds. The van der Waals surface area contributed by atoms with E-state index in [1.54, 1.807) is 21.7 Å². The number of aromatic nitrogens is 2. The Morgan fingerprint density at radius 2 is 2.08 bits per heavy atom. The van der Waals surface area contributed by atoms with Crippen molar-refractivity contribution in [3.05, 3.63) is 45.7 Å². The molecule has 6 nitrogen and oxygen atoms in total. The molecule has 0 saturated carbocycles. The smallest absolute Gasteiger partial charge is 0.249 e. The Bertz CT molecular complexity index is 828. The van der Waals surface area contributed by atoms with Gasteiger partial charge in [0, 0.05) is 17.8 Å². The fourth-order valence-electron chi connectivity index (χ4n) is 3.16. The SMILES string of the molecule is Cc1nn(CC(=O)N2CCCc3c(C(N)=O)cccc32)c(C)c1Cl. The summed E-state index contributed by atoms with van der Waals surface area (Å²) in [5.74, 6) is -0.550. The zero-order chi connectivity index (χ0) is 17.4. The number of hydrogen-bond acceptors (Lipinski definition) is 3. The lowest BCUT2D eigenvalue weighted by atomic mass is 9.96. The number of primary amides is 1. The molecule has 0 fully saturated rings. The summed E-state index contributed by atoms with van der Waals surface area (Å²) in [6.07, 6.45) is 1.53. The van der Waals surface area contributed by atoms with Gasteiger partial charge in [0.15, 0.2) is 0 Å². The summed E-state index contributed by atoms with van der Waals surface area (Å²) in [6, 6.07) is 5.31. The first-order valence-electron chi connectivity index (χ1n) is 7.81. The first-order valence-corrected chi connectivity index (χ1v) is 8.19. The van der Waals surface area contributed by atoms with Crippen LogP contribution >= 0.6 is 11.6 Å². The van der Waals surface area contributed by atoms with Crippen LogP contribution in [0.15, 0.2) is 18.2 Å². The Balaban J connectivity index is 1.92. The first-order chi connectivity index (χ1) is 11.4. The molecule has 126 valence electrons. The normalized spacial score (nSPS) is 13.7. The summed E-state index contributed by atoms with van der Waals surface area (Å²) in [5, 5.41) is 4.89. The molecule has 2 heterocycles. The van der Waals surface area contributed by atoms with Crippen LogP contribution in [0.25, 0.3) is 0 Å². The number of carbonyl (C=O) groups is 2. The summed E-state index contributed by atoms with van der Waals surface area (Å²) in [6.45, 7) is 4.37. The van der Waals surface area contributed by atoms with Crippen molar-refractivity contribution in [3.8, 4) is 0 Å². The lowest BCUT2D eigenvalue weighted by Gasteiger charge is -2.30.